The van der Waals surface area contributed by atoms with Crippen molar-refractivity contribution in [2.45, 2.75) is 37.0 Å². The van der Waals surface area contributed by atoms with E-state index in [0.29, 0.717) is 13.0 Å². The lowest BCUT2D eigenvalue weighted by Crippen LogP contribution is -2.41. The second-order valence-electron chi connectivity index (χ2n) is 7.28. The molecule has 1 saturated heterocycles. The number of hydrogen-bond acceptors (Lipinski definition) is 7. The van der Waals surface area contributed by atoms with Crippen LogP contribution < -0.4 is 9.46 Å². The van der Waals surface area contributed by atoms with Gasteiger partial charge >= 0.3 is 5.97 Å². The van der Waals surface area contributed by atoms with Gasteiger partial charge < -0.3 is 14.2 Å². The molecule has 9 heteroatoms. The molecule has 1 aliphatic rings. The van der Waals surface area contributed by atoms with Gasteiger partial charge in [0.25, 0.3) is 0 Å². The monoisotopic (exact) mass is 456 g/mol. The summed E-state index contributed by atoms with van der Waals surface area (Å²) in [7, 11) is -3.98. The lowest BCUT2D eigenvalue weighted by atomic mass is 10.1. The average molecular weight is 457 g/mol. The number of nitrogens with zero attached hydrogens (tertiary/aromatic N) is 1. The molecule has 0 radical (unpaired) electrons. The Labute approximate surface area is 186 Å². The third-order valence-electron chi connectivity index (χ3n) is 5.10. The average Bonchev–Trinajstić information content (AvgIpc) is 3.12. The first-order chi connectivity index (χ1) is 15.5. The van der Waals surface area contributed by atoms with E-state index in [0.717, 1.165) is 16.5 Å². The third kappa shape index (κ3) is 4.90. The highest BCUT2D eigenvalue weighted by atomic mass is 32.2. The zero-order valence-electron chi connectivity index (χ0n) is 17.6. The molecule has 0 aliphatic carbocycles. The number of carbonyl (C=O) groups excluding carboxylic acids is 1. The van der Waals surface area contributed by atoms with Gasteiger partial charge in [-0.1, -0.05) is 30.3 Å². The third-order valence-corrected chi connectivity index (χ3v) is 6.63. The number of carbonyl (C=O) groups is 1. The molecule has 8 nitrogen and oxygen atoms in total. The molecule has 0 bridgehead atoms. The number of benzene rings is 2. The maximum Gasteiger partial charge on any atom is 0.310 e. The molecule has 0 unspecified atom stereocenters. The van der Waals surface area contributed by atoms with E-state index in [1.54, 1.807) is 31.3 Å². The van der Waals surface area contributed by atoms with Gasteiger partial charge in [-0.25, -0.2) is 13.1 Å². The summed E-state index contributed by atoms with van der Waals surface area (Å²) in [6.45, 7) is 2.32. The first kappa shape index (κ1) is 22.2. The summed E-state index contributed by atoms with van der Waals surface area (Å²) >= 11 is 0. The van der Waals surface area contributed by atoms with E-state index in [9.17, 15) is 13.2 Å². The van der Waals surface area contributed by atoms with Gasteiger partial charge in [0.05, 0.1) is 24.6 Å². The number of rotatable bonds is 9. The van der Waals surface area contributed by atoms with Gasteiger partial charge in [-0.15, -0.1) is 0 Å². The van der Waals surface area contributed by atoms with E-state index < -0.39 is 28.3 Å². The van der Waals surface area contributed by atoms with Crippen molar-refractivity contribution in [1.29, 1.82) is 0 Å². The molecule has 3 aromatic rings. The van der Waals surface area contributed by atoms with Gasteiger partial charge in [-0.2, -0.15) is 0 Å². The number of sulfonamides is 1. The molecule has 0 saturated carbocycles. The highest BCUT2D eigenvalue weighted by Crippen LogP contribution is 2.26. The molecule has 1 aromatic heterocycles. The van der Waals surface area contributed by atoms with E-state index in [-0.39, 0.29) is 23.7 Å². The Morgan fingerprint density at radius 2 is 1.97 bits per heavy atom. The molecule has 2 atom stereocenters. The van der Waals surface area contributed by atoms with Crippen molar-refractivity contribution in [3.8, 4) is 5.75 Å². The Bertz CT molecular complexity index is 1210. The van der Waals surface area contributed by atoms with Gasteiger partial charge in [-0.05, 0) is 36.8 Å². The van der Waals surface area contributed by atoms with Crippen molar-refractivity contribution in [3.63, 3.8) is 0 Å². The van der Waals surface area contributed by atoms with E-state index in [1.807, 2.05) is 30.3 Å². The van der Waals surface area contributed by atoms with Gasteiger partial charge in [0.15, 0.2) is 0 Å². The number of pyridine rings is 1. The van der Waals surface area contributed by atoms with Crippen molar-refractivity contribution in [2.75, 3.05) is 13.2 Å². The van der Waals surface area contributed by atoms with Gasteiger partial charge in [0.2, 0.25) is 16.3 Å². The topological polar surface area (TPSA) is 104 Å². The van der Waals surface area contributed by atoms with Crippen LogP contribution in [0.3, 0.4) is 0 Å². The molecule has 0 amide bonds. The van der Waals surface area contributed by atoms with Gasteiger partial charge in [-0.3, -0.25) is 9.78 Å². The van der Waals surface area contributed by atoms with Crippen LogP contribution in [0, 0.1) is 0 Å². The molecule has 168 valence electrons. The van der Waals surface area contributed by atoms with Crippen LogP contribution in [0.4, 0.5) is 0 Å². The Morgan fingerprint density at radius 1 is 1.12 bits per heavy atom. The second-order valence-corrected chi connectivity index (χ2v) is 8.96. The summed E-state index contributed by atoms with van der Waals surface area (Å²) in [5, 5.41) is 1.04. The minimum Gasteiger partial charge on any atom is -0.492 e. The highest BCUT2D eigenvalue weighted by molar-refractivity contribution is 7.89. The second kappa shape index (κ2) is 9.64. The zero-order valence-corrected chi connectivity index (χ0v) is 18.4. The van der Waals surface area contributed by atoms with Crippen molar-refractivity contribution in [2.24, 2.45) is 0 Å². The number of fused-ring (bicyclic) bond motifs is 1. The smallest absolute Gasteiger partial charge is 0.310 e. The fraction of sp³-hybridized carbons (Fsp3) is 0.304. The van der Waals surface area contributed by atoms with Gasteiger partial charge in [0, 0.05) is 24.6 Å². The maximum absolute atomic E-state index is 13.1. The van der Waals surface area contributed by atoms with Crippen molar-refractivity contribution in [3.05, 3.63) is 66.4 Å². The number of ether oxygens (including phenoxy) is 3. The first-order valence-corrected chi connectivity index (χ1v) is 11.8. The standard InChI is InChI=1S/C23H24N2O6S/c1-2-29-23-19(15-22(26)31-23)25-32(27,28)21-11-4-3-10-20(21)30-14-12-16-7-5-9-18-17(16)8-6-13-24-18/h3-11,13,19,23,25H,2,12,14-15H2,1H3/t19-,23-/m0/s1. The first-order valence-electron chi connectivity index (χ1n) is 10.4. The number of nitrogens with one attached hydrogen (secondary N) is 1. The molecule has 2 aromatic carbocycles. The largest absolute Gasteiger partial charge is 0.492 e. The fourth-order valence-electron chi connectivity index (χ4n) is 3.66. The summed E-state index contributed by atoms with van der Waals surface area (Å²) in [4.78, 5) is 16.0. The fourth-order valence-corrected chi connectivity index (χ4v) is 5.03. The molecule has 0 spiro atoms. The Balaban J connectivity index is 1.48. The van der Waals surface area contributed by atoms with Crippen LogP contribution >= 0.6 is 0 Å². The lowest BCUT2D eigenvalue weighted by molar-refractivity contribution is -0.163. The van der Waals surface area contributed by atoms with Crippen LogP contribution in [0.25, 0.3) is 10.9 Å². The minimum atomic E-state index is -3.98. The summed E-state index contributed by atoms with van der Waals surface area (Å²) < 4.78 is 44.9. The molecule has 1 aliphatic heterocycles. The van der Waals surface area contributed by atoms with Crippen LogP contribution in [0.2, 0.25) is 0 Å². The van der Waals surface area contributed by atoms with Crippen LogP contribution in [0.5, 0.6) is 5.75 Å². The Hall–Kier alpha value is -3.01. The van der Waals surface area contributed by atoms with Gasteiger partial charge in [0.1, 0.15) is 10.6 Å². The number of cyclic esters (lactones) is 1. The van der Waals surface area contributed by atoms with Crippen molar-refractivity contribution >= 4 is 26.9 Å². The van der Waals surface area contributed by atoms with E-state index >= 15 is 0 Å². The minimum absolute atomic E-state index is 0.00539. The summed E-state index contributed by atoms with van der Waals surface area (Å²) in [6.07, 6.45) is 1.29. The number of para-hydroxylation sites is 1. The molecule has 1 fully saturated rings. The van der Waals surface area contributed by atoms with Crippen molar-refractivity contribution in [1.82, 2.24) is 9.71 Å². The molecule has 2 heterocycles. The number of aromatic nitrogens is 1. The molecule has 1 N–H and O–H groups in total. The lowest BCUT2D eigenvalue weighted by Gasteiger charge is -2.19. The zero-order chi connectivity index (χ0) is 22.6. The van der Waals surface area contributed by atoms with Crippen LogP contribution in [0.1, 0.15) is 18.9 Å². The highest BCUT2D eigenvalue weighted by Gasteiger charge is 2.39. The molecular weight excluding hydrogens is 432 g/mol. The number of esters is 1. The summed E-state index contributed by atoms with van der Waals surface area (Å²) in [5.74, 6) is -0.276. The van der Waals surface area contributed by atoms with E-state index in [4.69, 9.17) is 14.2 Å². The Morgan fingerprint density at radius 3 is 2.81 bits per heavy atom. The molecule has 32 heavy (non-hydrogen) atoms. The molecule has 4 rings (SSSR count). The van der Waals surface area contributed by atoms with Crippen LogP contribution in [-0.4, -0.2) is 44.9 Å². The van der Waals surface area contributed by atoms with E-state index in [2.05, 4.69) is 9.71 Å². The molecular formula is C23H24N2O6S. The normalized spacial score (nSPS) is 18.6. The Kier molecular flexibility index (Phi) is 6.69. The van der Waals surface area contributed by atoms with Crippen molar-refractivity contribution < 1.29 is 27.4 Å². The predicted octanol–water partition coefficient (Wildman–Crippen LogP) is 2.81. The van der Waals surface area contributed by atoms with E-state index in [1.165, 1.54) is 6.07 Å². The maximum atomic E-state index is 13.1. The predicted molar refractivity (Wildman–Crippen MR) is 118 cm³/mol. The number of hydrogen-bond donors (Lipinski definition) is 1. The quantitative estimate of drug-likeness (QED) is 0.494. The SMILES string of the molecule is CCO[C@H]1OC(=O)C[C@@H]1NS(=O)(=O)c1ccccc1OCCc1cccc2ncccc12. The van der Waals surface area contributed by atoms with Crippen LogP contribution in [-0.2, 0) is 30.7 Å². The van der Waals surface area contributed by atoms with Crippen LogP contribution in [0.15, 0.2) is 65.7 Å². The summed E-state index contributed by atoms with van der Waals surface area (Å²) in [6, 6.07) is 15.4. The summed E-state index contributed by atoms with van der Waals surface area (Å²) in [5.41, 5.74) is 1.96.